The molecule has 0 radical (unpaired) electrons. The summed E-state index contributed by atoms with van der Waals surface area (Å²) in [6.45, 7) is 8.43. The second kappa shape index (κ2) is 6.23. The number of carbonyl (C=O) groups is 2. The Kier molecular flexibility index (Phi) is 5.17. The number of carboxylic acid groups (broad SMARTS) is 1. The van der Waals surface area contributed by atoms with E-state index in [1.54, 1.807) is 25.7 Å². The van der Waals surface area contributed by atoms with Gasteiger partial charge in [0.05, 0.1) is 19.6 Å². The quantitative estimate of drug-likeness (QED) is 0.829. The molecule has 0 aliphatic carbocycles. The van der Waals surface area contributed by atoms with Crippen LogP contribution in [0.4, 0.5) is 4.79 Å². The number of aliphatic carboxylic acids is 1. The molecular formula is C13H23NO5. The molecule has 0 saturated carbocycles. The highest BCUT2D eigenvalue weighted by Gasteiger charge is 2.33. The third-order valence-electron chi connectivity index (χ3n) is 3.05. The van der Waals surface area contributed by atoms with Crippen molar-refractivity contribution < 1.29 is 24.2 Å². The van der Waals surface area contributed by atoms with Crippen molar-refractivity contribution in [2.45, 2.75) is 45.8 Å². The molecule has 1 fully saturated rings. The zero-order valence-electron chi connectivity index (χ0n) is 12.0. The lowest BCUT2D eigenvalue weighted by molar-refractivity contribution is -0.139. The summed E-state index contributed by atoms with van der Waals surface area (Å²) < 4.78 is 10.7. The van der Waals surface area contributed by atoms with Crippen LogP contribution in [0.3, 0.4) is 0 Å². The maximum Gasteiger partial charge on any atom is 0.410 e. The fourth-order valence-electron chi connectivity index (χ4n) is 2.03. The molecule has 0 unspecified atom stereocenters. The van der Waals surface area contributed by atoms with Crippen molar-refractivity contribution in [1.82, 2.24) is 4.90 Å². The van der Waals surface area contributed by atoms with Crippen LogP contribution in [0.5, 0.6) is 0 Å². The van der Waals surface area contributed by atoms with Gasteiger partial charge in [-0.2, -0.15) is 0 Å². The van der Waals surface area contributed by atoms with E-state index in [-0.39, 0.29) is 18.4 Å². The SMILES string of the molecule is C[C@H]1[C@H](CC(=O)O)COCCN1C(=O)OC(C)(C)C. The lowest BCUT2D eigenvalue weighted by atomic mass is 9.97. The summed E-state index contributed by atoms with van der Waals surface area (Å²) in [6, 6.07) is -0.214. The van der Waals surface area contributed by atoms with Gasteiger partial charge in [-0.1, -0.05) is 0 Å². The Hall–Kier alpha value is -1.30. The van der Waals surface area contributed by atoms with Gasteiger partial charge in [-0.05, 0) is 27.7 Å². The monoisotopic (exact) mass is 273 g/mol. The summed E-state index contributed by atoms with van der Waals surface area (Å²) in [5.41, 5.74) is -0.563. The second-order valence-electron chi connectivity index (χ2n) is 5.85. The van der Waals surface area contributed by atoms with E-state index < -0.39 is 17.7 Å². The molecule has 0 bridgehead atoms. The summed E-state index contributed by atoms with van der Waals surface area (Å²) in [5, 5.41) is 8.90. The minimum absolute atomic E-state index is 0.0134. The number of hydrogen-bond donors (Lipinski definition) is 1. The minimum atomic E-state index is -0.883. The van der Waals surface area contributed by atoms with Crippen LogP contribution in [0.2, 0.25) is 0 Å². The minimum Gasteiger partial charge on any atom is -0.481 e. The number of carboxylic acids is 1. The average Bonchev–Trinajstić information content (AvgIpc) is 2.39. The van der Waals surface area contributed by atoms with Gasteiger partial charge in [-0.3, -0.25) is 4.79 Å². The molecule has 1 rings (SSSR count). The molecular weight excluding hydrogens is 250 g/mol. The van der Waals surface area contributed by atoms with Crippen LogP contribution >= 0.6 is 0 Å². The van der Waals surface area contributed by atoms with E-state index in [4.69, 9.17) is 14.6 Å². The van der Waals surface area contributed by atoms with Gasteiger partial charge in [-0.25, -0.2) is 4.79 Å². The topological polar surface area (TPSA) is 76.1 Å². The van der Waals surface area contributed by atoms with Crippen molar-refractivity contribution in [3.63, 3.8) is 0 Å². The number of ether oxygens (including phenoxy) is 2. The summed E-state index contributed by atoms with van der Waals surface area (Å²) in [4.78, 5) is 24.5. The van der Waals surface area contributed by atoms with E-state index in [0.717, 1.165) is 0 Å². The number of amides is 1. The van der Waals surface area contributed by atoms with E-state index in [2.05, 4.69) is 0 Å². The Morgan fingerprint density at radius 1 is 1.42 bits per heavy atom. The summed E-state index contributed by atoms with van der Waals surface area (Å²) in [7, 11) is 0. The van der Waals surface area contributed by atoms with Gasteiger partial charge in [-0.15, -0.1) is 0 Å². The summed E-state index contributed by atoms with van der Waals surface area (Å²) >= 11 is 0. The maximum absolute atomic E-state index is 12.1. The summed E-state index contributed by atoms with van der Waals surface area (Å²) in [5.74, 6) is -1.10. The van der Waals surface area contributed by atoms with Crippen LogP contribution in [0.1, 0.15) is 34.1 Å². The second-order valence-corrected chi connectivity index (χ2v) is 5.85. The van der Waals surface area contributed by atoms with Crippen LogP contribution in [-0.2, 0) is 14.3 Å². The highest BCUT2D eigenvalue weighted by Crippen LogP contribution is 2.21. The molecule has 1 aliphatic heterocycles. The van der Waals surface area contributed by atoms with Crippen LogP contribution < -0.4 is 0 Å². The molecule has 0 aromatic heterocycles. The zero-order valence-corrected chi connectivity index (χ0v) is 12.0. The van der Waals surface area contributed by atoms with E-state index in [9.17, 15) is 9.59 Å². The third kappa shape index (κ3) is 5.06. The van der Waals surface area contributed by atoms with Crippen molar-refractivity contribution in [1.29, 1.82) is 0 Å². The van der Waals surface area contributed by atoms with Crippen molar-refractivity contribution in [2.75, 3.05) is 19.8 Å². The largest absolute Gasteiger partial charge is 0.481 e. The predicted octanol–water partition coefficient (Wildman–Crippen LogP) is 1.73. The van der Waals surface area contributed by atoms with Crippen LogP contribution in [0.25, 0.3) is 0 Å². The number of nitrogens with zero attached hydrogens (tertiary/aromatic N) is 1. The molecule has 1 aliphatic rings. The van der Waals surface area contributed by atoms with E-state index >= 15 is 0 Å². The molecule has 6 heteroatoms. The first-order chi connectivity index (χ1) is 8.70. The highest BCUT2D eigenvalue weighted by molar-refractivity contribution is 5.69. The third-order valence-corrected chi connectivity index (χ3v) is 3.05. The Morgan fingerprint density at radius 3 is 2.58 bits per heavy atom. The van der Waals surface area contributed by atoms with Gasteiger partial charge in [0.15, 0.2) is 0 Å². The Bertz CT molecular complexity index is 336. The Morgan fingerprint density at radius 2 is 2.05 bits per heavy atom. The zero-order chi connectivity index (χ0) is 14.6. The normalized spacial score (nSPS) is 24.7. The standard InChI is InChI=1S/C13H23NO5/c1-9-10(7-11(15)16)8-18-6-5-14(9)12(17)19-13(2,3)4/h9-10H,5-8H2,1-4H3,(H,15,16)/t9-,10+/m0/s1. The summed E-state index contributed by atoms with van der Waals surface area (Å²) in [6.07, 6.45) is -0.429. The lowest BCUT2D eigenvalue weighted by Gasteiger charge is -2.32. The predicted molar refractivity (Wildman–Crippen MR) is 69.0 cm³/mol. The first-order valence-electron chi connectivity index (χ1n) is 6.50. The first kappa shape index (κ1) is 15.8. The van der Waals surface area contributed by atoms with Gasteiger partial charge < -0.3 is 19.5 Å². The van der Waals surface area contributed by atoms with E-state index in [0.29, 0.717) is 19.8 Å². The van der Waals surface area contributed by atoms with Crippen LogP contribution in [-0.4, -0.2) is 53.5 Å². The number of rotatable bonds is 2. The molecule has 19 heavy (non-hydrogen) atoms. The molecule has 1 N–H and O–H groups in total. The molecule has 1 heterocycles. The van der Waals surface area contributed by atoms with Gasteiger partial charge >= 0.3 is 12.1 Å². The maximum atomic E-state index is 12.1. The van der Waals surface area contributed by atoms with E-state index in [1.807, 2.05) is 6.92 Å². The molecule has 1 amide bonds. The molecule has 1 saturated heterocycles. The molecule has 0 spiro atoms. The van der Waals surface area contributed by atoms with Crippen molar-refractivity contribution in [2.24, 2.45) is 5.92 Å². The van der Waals surface area contributed by atoms with Gasteiger partial charge in [0.2, 0.25) is 0 Å². The van der Waals surface area contributed by atoms with Gasteiger partial charge in [0, 0.05) is 18.5 Å². The molecule has 0 aromatic rings. The Labute approximate surface area is 113 Å². The van der Waals surface area contributed by atoms with Crippen molar-refractivity contribution in [3.8, 4) is 0 Å². The average molecular weight is 273 g/mol. The first-order valence-corrected chi connectivity index (χ1v) is 6.50. The lowest BCUT2D eigenvalue weighted by Crippen LogP contribution is -2.46. The highest BCUT2D eigenvalue weighted by atomic mass is 16.6. The number of hydrogen-bond acceptors (Lipinski definition) is 4. The molecule has 0 aromatic carbocycles. The molecule has 6 nitrogen and oxygen atoms in total. The smallest absolute Gasteiger partial charge is 0.410 e. The molecule has 110 valence electrons. The van der Waals surface area contributed by atoms with Crippen LogP contribution in [0, 0.1) is 5.92 Å². The Balaban J connectivity index is 2.75. The van der Waals surface area contributed by atoms with Crippen molar-refractivity contribution >= 4 is 12.1 Å². The van der Waals surface area contributed by atoms with Gasteiger partial charge in [0.1, 0.15) is 5.60 Å². The van der Waals surface area contributed by atoms with Crippen LogP contribution in [0.15, 0.2) is 0 Å². The number of carbonyl (C=O) groups excluding carboxylic acids is 1. The fourth-order valence-corrected chi connectivity index (χ4v) is 2.03. The fraction of sp³-hybridized carbons (Fsp3) is 0.846. The van der Waals surface area contributed by atoms with Crippen molar-refractivity contribution in [3.05, 3.63) is 0 Å². The van der Waals surface area contributed by atoms with Gasteiger partial charge in [0.25, 0.3) is 0 Å². The molecule has 2 atom stereocenters. The van der Waals surface area contributed by atoms with E-state index in [1.165, 1.54) is 0 Å².